The molecule has 2 aromatic rings. The predicted molar refractivity (Wildman–Crippen MR) is 120 cm³/mol. The van der Waals surface area contributed by atoms with Crippen molar-refractivity contribution in [3.63, 3.8) is 0 Å². The lowest BCUT2D eigenvalue weighted by atomic mass is 10.2. The fourth-order valence-corrected chi connectivity index (χ4v) is 6.01. The van der Waals surface area contributed by atoms with Crippen molar-refractivity contribution >= 4 is 33.3 Å². The molecule has 0 bridgehead atoms. The lowest BCUT2D eigenvalue weighted by Gasteiger charge is -2.34. The summed E-state index contributed by atoms with van der Waals surface area (Å²) in [4.78, 5) is 4.68. The average Bonchev–Trinajstić information content (AvgIpc) is 3.05. The molecule has 2 aliphatic rings. The second-order valence-corrected chi connectivity index (χ2v) is 10.3. The molecule has 7 nitrogen and oxygen atoms in total. The molecule has 3 heterocycles. The molecule has 30 heavy (non-hydrogen) atoms. The van der Waals surface area contributed by atoms with Crippen LogP contribution < -0.4 is 9.80 Å². The summed E-state index contributed by atoms with van der Waals surface area (Å²) in [5, 5.41) is 9.30. The fourth-order valence-electron chi connectivity index (χ4n) is 4.10. The van der Waals surface area contributed by atoms with Gasteiger partial charge >= 0.3 is 0 Å². The molecule has 0 atom stereocenters. The van der Waals surface area contributed by atoms with Crippen molar-refractivity contribution in [3.05, 3.63) is 40.9 Å². The predicted octanol–water partition coefficient (Wildman–Crippen LogP) is 3.33. The molecule has 0 N–H and O–H groups in total. The second kappa shape index (κ2) is 9.08. The summed E-state index contributed by atoms with van der Waals surface area (Å²) in [5.41, 5.74) is 0.705. The van der Waals surface area contributed by atoms with E-state index in [2.05, 4.69) is 20.0 Å². The third kappa shape index (κ3) is 4.55. The molecule has 0 unspecified atom stereocenters. The van der Waals surface area contributed by atoms with E-state index in [4.69, 9.17) is 11.6 Å². The van der Waals surface area contributed by atoms with Crippen LogP contribution in [0.3, 0.4) is 0 Å². The van der Waals surface area contributed by atoms with Crippen molar-refractivity contribution < 1.29 is 8.42 Å². The minimum atomic E-state index is -3.57. The number of nitrogens with zero attached hydrogens (tertiary/aromatic N) is 5. The van der Waals surface area contributed by atoms with Gasteiger partial charge in [0.05, 0.1) is 4.90 Å². The largest absolute Gasteiger partial charge is 0.355 e. The maximum absolute atomic E-state index is 13.1. The molecule has 0 aliphatic carbocycles. The van der Waals surface area contributed by atoms with Gasteiger partial charge in [0.1, 0.15) is 0 Å². The van der Waals surface area contributed by atoms with Crippen molar-refractivity contribution in [3.8, 4) is 0 Å². The first-order valence-electron chi connectivity index (χ1n) is 10.5. The van der Waals surface area contributed by atoms with Crippen LogP contribution in [0, 0.1) is 6.92 Å². The summed E-state index contributed by atoms with van der Waals surface area (Å²) >= 11 is 6.03. The highest BCUT2D eigenvalue weighted by Crippen LogP contribution is 2.26. The van der Waals surface area contributed by atoms with Gasteiger partial charge in [0, 0.05) is 44.3 Å². The molecular formula is C21H28ClN5O2S. The lowest BCUT2D eigenvalue weighted by Crippen LogP contribution is -2.49. The van der Waals surface area contributed by atoms with Gasteiger partial charge in [-0.2, -0.15) is 4.31 Å². The molecular weight excluding hydrogens is 422 g/mol. The lowest BCUT2D eigenvalue weighted by molar-refractivity contribution is 0.383. The van der Waals surface area contributed by atoms with Crippen LogP contribution >= 0.6 is 11.6 Å². The van der Waals surface area contributed by atoms with E-state index in [0.717, 1.165) is 24.7 Å². The minimum absolute atomic E-state index is 0.282. The molecule has 0 radical (unpaired) electrons. The Morgan fingerprint density at radius 3 is 1.93 bits per heavy atom. The molecule has 1 aromatic heterocycles. The van der Waals surface area contributed by atoms with Crippen LogP contribution in [0.1, 0.15) is 31.2 Å². The Morgan fingerprint density at radius 1 is 0.800 bits per heavy atom. The maximum atomic E-state index is 13.1. The molecule has 0 saturated carbocycles. The summed E-state index contributed by atoms with van der Waals surface area (Å²) in [6, 6.07) is 9.02. The summed E-state index contributed by atoms with van der Waals surface area (Å²) in [6.45, 7) is 5.84. The van der Waals surface area contributed by atoms with E-state index in [1.54, 1.807) is 19.1 Å². The van der Waals surface area contributed by atoms with Crippen molar-refractivity contribution in [2.24, 2.45) is 0 Å². The molecule has 2 saturated heterocycles. The van der Waals surface area contributed by atoms with E-state index in [-0.39, 0.29) is 4.90 Å². The maximum Gasteiger partial charge on any atom is 0.243 e. The van der Waals surface area contributed by atoms with Crippen LogP contribution in [0.25, 0.3) is 0 Å². The first-order chi connectivity index (χ1) is 14.4. The highest BCUT2D eigenvalue weighted by molar-refractivity contribution is 7.89. The fraction of sp³-hybridized carbons (Fsp3) is 0.524. The van der Waals surface area contributed by atoms with Gasteiger partial charge in [0.2, 0.25) is 10.0 Å². The number of sulfonamides is 1. The van der Waals surface area contributed by atoms with Crippen molar-refractivity contribution in [1.82, 2.24) is 14.5 Å². The number of hydrogen-bond donors (Lipinski definition) is 0. The topological polar surface area (TPSA) is 69.6 Å². The Bertz CT molecular complexity index is 967. The Kier molecular flexibility index (Phi) is 6.46. The van der Waals surface area contributed by atoms with Crippen LogP contribution in [-0.4, -0.2) is 62.2 Å². The zero-order valence-electron chi connectivity index (χ0n) is 17.3. The molecule has 4 rings (SSSR count). The minimum Gasteiger partial charge on any atom is -0.355 e. The molecule has 9 heteroatoms. The second-order valence-electron chi connectivity index (χ2n) is 7.95. The monoisotopic (exact) mass is 449 g/mol. The van der Waals surface area contributed by atoms with Crippen molar-refractivity contribution in [2.45, 2.75) is 37.5 Å². The van der Waals surface area contributed by atoms with Crippen LogP contribution in [0.5, 0.6) is 0 Å². The van der Waals surface area contributed by atoms with Gasteiger partial charge < -0.3 is 9.80 Å². The smallest absolute Gasteiger partial charge is 0.243 e. The van der Waals surface area contributed by atoms with Crippen molar-refractivity contribution in [1.29, 1.82) is 0 Å². The average molecular weight is 450 g/mol. The number of anilines is 2. The highest BCUT2D eigenvalue weighted by Gasteiger charge is 2.30. The SMILES string of the molecule is Cc1ccc(Cl)cc1S(=O)(=O)N1CCN(c2ccc(N3CCCCCC3)nn2)CC1. The van der Waals surface area contributed by atoms with Crippen molar-refractivity contribution in [2.75, 3.05) is 49.1 Å². The Morgan fingerprint density at radius 2 is 1.37 bits per heavy atom. The Labute approximate surface area is 183 Å². The molecule has 2 fully saturated rings. The molecule has 0 spiro atoms. The van der Waals surface area contributed by atoms with E-state index >= 15 is 0 Å². The van der Waals surface area contributed by atoms with Crippen LogP contribution in [-0.2, 0) is 10.0 Å². The van der Waals surface area contributed by atoms with E-state index in [0.29, 0.717) is 36.8 Å². The number of aromatic nitrogens is 2. The summed E-state index contributed by atoms with van der Waals surface area (Å²) in [7, 11) is -3.57. The van der Waals surface area contributed by atoms with E-state index < -0.39 is 10.0 Å². The number of aryl methyl sites for hydroxylation is 1. The summed E-state index contributed by atoms with van der Waals surface area (Å²) in [6.07, 6.45) is 4.96. The number of hydrogen-bond acceptors (Lipinski definition) is 6. The zero-order valence-corrected chi connectivity index (χ0v) is 18.9. The van der Waals surface area contributed by atoms with Crippen LogP contribution in [0.15, 0.2) is 35.2 Å². The highest BCUT2D eigenvalue weighted by atomic mass is 35.5. The van der Waals surface area contributed by atoms with Gasteiger partial charge in [-0.25, -0.2) is 8.42 Å². The third-order valence-electron chi connectivity index (χ3n) is 5.90. The van der Waals surface area contributed by atoms with Gasteiger partial charge in [0.25, 0.3) is 0 Å². The zero-order chi connectivity index (χ0) is 21.1. The molecule has 2 aliphatic heterocycles. The number of halogens is 1. The van der Waals surface area contributed by atoms with Gasteiger partial charge in [-0.05, 0) is 49.6 Å². The molecule has 162 valence electrons. The Balaban J connectivity index is 1.41. The van der Waals surface area contributed by atoms with E-state index in [1.807, 2.05) is 12.1 Å². The molecule has 0 amide bonds. The van der Waals surface area contributed by atoms with E-state index in [9.17, 15) is 8.42 Å². The number of piperazine rings is 1. The Hall–Kier alpha value is -1.90. The van der Waals surface area contributed by atoms with E-state index in [1.165, 1.54) is 36.1 Å². The number of benzene rings is 1. The number of rotatable bonds is 4. The molecule has 1 aromatic carbocycles. The first kappa shape index (κ1) is 21.3. The summed E-state index contributed by atoms with van der Waals surface area (Å²) in [5.74, 6) is 1.72. The van der Waals surface area contributed by atoms with Gasteiger partial charge in [0.15, 0.2) is 11.6 Å². The van der Waals surface area contributed by atoms with Gasteiger partial charge in [-0.1, -0.05) is 30.5 Å². The standard InChI is InChI=1S/C21H28ClN5O2S/c1-17-6-7-18(22)16-19(17)30(28,29)27-14-12-26(13-15-27)21-9-8-20(23-24-21)25-10-4-2-3-5-11-25/h6-9,16H,2-5,10-15H2,1H3. The normalized spacial score (nSPS) is 19.0. The van der Waals surface area contributed by atoms with Crippen LogP contribution in [0.2, 0.25) is 5.02 Å². The quantitative estimate of drug-likeness (QED) is 0.713. The first-order valence-corrected chi connectivity index (χ1v) is 12.4. The van der Waals surface area contributed by atoms with Gasteiger partial charge in [-0.3, -0.25) is 0 Å². The summed E-state index contributed by atoms with van der Waals surface area (Å²) < 4.78 is 27.7. The van der Waals surface area contributed by atoms with Gasteiger partial charge in [-0.15, -0.1) is 10.2 Å². The van der Waals surface area contributed by atoms with Crippen LogP contribution in [0.4, 0.5) is 11.6 Å². The third-order valence-corrected chi connectivity index (χ3v) is 8.17.